The molecule has 2 rings (SSSR count). The summed E-state index contributed by atoms with van der Waals surface area (Å²) in [5, 5.41) is 4.12. The molecule has 4 heteroatoms. The van der Waals surface area contributed by atoms with Crippen molar-refractivity contribution in [2.24, 2.45) is 0 Å². The quantitative estimate of drug-likeness (QED) is 0.677. The number of nitrogens with two attached hydrogens (primary N) is 1. The Hall–Kier alpha value is -1.58. The normalized spacial score (nSPS) is 10.8. The Kier molecular flexibility index (Phi) is 1.46. The highest BCUT2D eigenvalue weighted by atomic mass is 15.3. The smallest absolute Gasteiger partial charge is 0.157 e. The van der Waals surface area contributed by atoms with Gasteiger partial charge in [0.2, 0.25) is 0 Å². The van der Waals surface area contributed by atoms with Crippen LogP contribution in [0.1, 0.15) is 12.6 Å². The Bertz CT molecular complexity index is 404. The third kappa shape index (κ3) is 0.922. The number of nitrogens with zero attached hydrogens (tertiary/aromatic N) is 3. The first-order valence-electron chi connectivity index (χ1n) is 3.90. The zero-order chi connectivity index (χ0) is 8.55. The molecule has 2 aromatic rings. The maximum Gasteiger partial charge on any atom is 0.157 e. The number of fused-ring (bicyclic) bond motifs is 1. The van der Waals surface area contributed by atoms with E-state index in [4.69, 9.17) is 5.73 Å². The largest absolute Gasteiger partial charge is 0.382 e. The topological polar surface area (TPSA) is 56.2 Å². The number of aromatic nitrogens is 3. The van der Waals surface area contributed by atoms with E-state index in [1.54, 1.807) is 16.8 Å². The summed E-state index contributed by atoms with van der Waals surface area (Å²) in [7, 11) is 0. The standard InChI is InChI=1S/C8H10N4/c1-2-6-3-4-10-8-5-7(9)11-12(6)8/h3-5H,2H2,1H3,(H2,9,11). The van der Waals surface area contributed by atoms with E-state index in [2.05, 4.69) is 17.0 Å². The van der Waals surface area contributed by atoms with E-state index in [0.29, 0.717) is 5.82 Å². The minimum absolute atomic E-state index is 0.517. The molecular formula is C8H10N4. The van der Waals surface area contributed by atoms with Gasteiger partial charge in [-0.2, -0.15) is 0 Å². The van der Waals surface area contributed by atoms with Gasteiger partial charge in [0.15, 0.2) is 5.65 Å². The van der Waals surface area contributed by atoms with E-state index in [9.17, 15) is 0 Å². The molecule has 0 aliphatic carbocycles. The van der Waals surface area contributed by atoms with Crippen LogP contribution in [0.2, 0.25) is 0 Å². The van der Waals surface area contributed by atoms with Gasteiger partial charge in [-0.25, -0.2) is 9.50 Å². The van der Waals surface area contributed by atoms with Gasteiger partial charge in [0.05, 0.1) is 0 Å². The van der Waals surface area contributed by atoms with E-state index in [-0.39, 0.29) is 0 Å². The van der Waals surface area contributed by atoms with Crippen LogP contribution in [0.15, 0.2) is 18.3 Å². The zero-order valence-corrected chi connectivity index (χ0v) is 6.86. The van der Waals surface area contributed by atoms with Gasteiger partial charge in [0.1, 0.15) is 5.82 Å². The second-order valence-electron chi connectivity index (χ2n) is 2.63. The summed E-state index contributed by atoms with van der Waals surface area (Å²) in [4.78, 5) is 4.13. The Morgan fingerprint density at radius 1 is 1.58 bits per heavy atom. The molecule has 2 N–H and O–H groups in total. The van der Waals surface area contributed by atoms with Crippen LogP contribution in [0, 0.1) is 0 Å². The molecule has 0 saturated heterocycles. The molecule has 0 radical (unpaired) electrons. The molecule has 12 heavy (non-hydrogen) atoms. The first kappa shape index (κ1) is 7.09. The van der Waals surface area contributed by atoms with Gasteiger partial charge in [-0.3, -0.25) is 0 Å². The monoisotopic (exact) mass is 162 g/mol. The highest BCUT2D eigenvalue weighted by Gasteiger charge is 2.01. The summed E-state index contributed by atoms with van der Waals surface area (Å²) in [5.74, 6) is 0.517. The number of rotatable bonds is 1. The minimum Gasteiger partial charge on any atom is -0.382 e. The summed E-state index contributed by atoms with van der Waals surface area (Å²) < 4.78 is 1.77. The molecule has 62 valence electrons. The Balaban J connectivity index is 2.78. The third-order valence-electron chi connectivity index (χ3n) is 1.82. The first-order chi connectivity index (χ1) is 5.81. The van der Waals surface area contributed by atoms with E-state index in [0.717, 1.165) is 17.8 Å². The number of anilines is 1. The van der Waals surface area contributed by atoms with Gasteiger partial charge in [-0.15, -0.1) is 5.10 Å². The van der Waals surface area contributed by atoms with E-state index in [1.807, 2.05) is 6.07 Å². The predicted molar refractivity (Wildman–Crippen MR) is 46.8 cm³/mol. The van der Waals surface area contributed by atoms with E-state index in [1.165, 1.54) is 0 Å². The molecule has 0 aromatic carbocycles. The molecule has 4 nitrogen and oxygen atoms in total. The molecule has 0 aliphatic heterocycles. The van der Waals surface area contributed by atoms with Crippen molar-refractivity contribution < 1.29 is 0 Å². The van der Waals surface area contributed by atoms with Gasteiger partial charge >= 0.3 is 0 Å². The lowest BCUT2D eigenvalue weighted by Gasteiger charge is -1.98. The summed E-state index contributed by atoms with van der Waals surface area (Å²) in [6.45, 7) is 2.08. The molecule has 2 aromatic heterocycles. The lowest BCUT2D eigenvalue weighted by molar-refractivity contribution is 0.853. The maximum atomic E-state index is 5.54. The lowest BCUT2D eigenvalue weighted by Crippen LogP contribution is -1.98. The number of hydrogen-bond donors (Lipinski definition) is 1. The van der Waals surface area contributed by atoms with Crippen LogP contribution in [0.5, 0.6) is 0 Å². The lowest BCUT2D eigenvalue weighted by atomic mass is 10.3. The van der Waals surface area contributed by atoms with Crippen molar-refractivity contribution in [1.29, 1.82) is 0 Å². The first-order valence-corrected chi connectivity index (χ1v) is 3.90. The molecule has 0 bridgehead atoms. The highest BCUT2D eigenvalue weighted by Crippen LogP contribution is 2.07. The predicted octanol–water partition coefficient (Wildman–Crippen LogP) is 0.874. The van der Waals surface area contributed by atoms with Crippen molar-refractivity contribution in [3.63, 3.8) is 0 Å². The van der Waals surface area contributed by atoms with Crippen molar-refractivity contribution >= 4 is 11.5 Å². The molecule has 0 amide bonds. The van der Waals surface area contributed by atoms with E-state index >= 15 is 0 Å². The Labute approximate surface area is 70.0 Å². The molecule has 0 saturated carbocycles. The van der Waals surface area contributed by atoms with Crippen molar-refractivity contribution in [1.82, 2.24) is 14.6 Å². The maximum absolute atomic E-state index is 5.54. The van der Waals surface area contributed by atoms with Crippen LogP contribution < -0.4 is 5.73 Å². The molecule has 0 fully saturated rings. The van der Waals surface area contributed by atoms with Crippen molar-refractivity contribution in [3.05, 3.63) is 24.0 Å². The Morgan fingerprint density at radius 2 is 2.42 bits per heavy atom. The fourth-order valence-corrected chi connectivity index (χ4v) is 1.23. The minimum atomic E-state index is 0.517. The van der Waals surface area contributed by atoms with Gasteiger partial charge in [-0.05, 0) is 12.5 Å². The van der Waals surface area contributed by atoms with Gasteiger partial charge < -0.3 is 5.73 Å². The van der Waals surface area contributed by atoms with E-state index < -0.39 is 0 Å². The summed E-state index contributed by atoms with van der Waals surface area (Å²) >= 11 is 0. The average Bonchev–Trinajstić information content (AvgIpc) is 2.44. The van der Waals surface area contributed by atoms with Crippen LogP contribution in [-0.2, 0) is 6.42 Å². The van der Waals surface area contributed by atoms with Gasteiger partial charge in [-0.1, -0.05) is 6.92 Å². The van der Waals surface area contributed by atoms with Gasteiger partial charge in [0.25, 0.3) is 0 Å². The van der Waals surface area contributed by atoms with Crippen LogP contribution in [-0.4, -0.2) is 14.6 Å². The number of nitrogen functional groups attached to an aromatic ring is 1. The fraction of sp³-hybridized carbons (Fsp3) is 0.250. The summed E-state index contributed by atoms with van der Waals surface area (Å²) in [6, 6.07) is 3.71. The van der Waals surface area contributed by atoms with Crippen LogP contribution in [0.25, 0.3) is 5.65 Å². The number of aryl methyl sites for hydroxylation is 1. The molecule has 0 spiro atoms. The van der Waals surface area contributed by atoms with Gasteiger partial charge in [0, 0.05) is 18.0 Å². The molecular weight excluding hydrogens is 152 g/mol. The van der Waals surface area contributed by atoms with Crippen molar-refractivity contribution in [2.45, 2.75) is 13.3 Å². The summed E-state index contributed by atoms with van der Waals surface area (Å²) in [6.07, 6.45) is 2.70. The fourth-order valence-electron chi connectivity index (χ4n) is 1.23. The molecule has 2 heterocycles. The zero-order valence-electron chi connectivity index (χ0n) is 6.86. The molecule has 0 aliphatic rings. The van der Waals surface area contributed by atoms with Crippen LogP contribution >= 0.6 is 0 Å². The average molecular weight is 162 g/mol. The second-order valence-corrected chi connectivity index (χ2v) is 2.63. The van der Waals surface area contributed by atoms with Crippen LogP contribution in [0.3, 0.4) is 0 Å². The second kappa shape index (κ2) is 2.48. The summed E-state index contributed by atoms with van der Waals surface area (Å²) in [5.41, 5.74) is 7.48. The van der Waals surface area contributed by atoms with Crippen molar-refractivity contribution in [3.8, 4) is 0 Å². The molecule has 0 atom stereocenters. The number of hydrogen-bond acceptors (Lipinski definition) is 3. The SMILES string of the molecule is CCc1ccnc2cc(N)nn12. The molecule has 0 unspecified atom stereocenters. The highest BCUT2D eigenvalue weighted by molar-refractivity contribution is 5.48. The van der Waals surface area contributed by atoms with Crippen molar-refractivity contribution in [2.75, 3.05) is 5.73 Å². The Morgan fingerprint density at radius 3 is 3.17 bits per heavy atom. The van der Waals surface area contributed by atoms with Crippen LogP contribution in [0.4, 0.5) is 5.82 Å². The third-order valence-corrected chi connectivity index (χ3v) is 1.82.